The maximum Gasteiger partial charge on any atom is 0.224 e. The molecule has 0 N–H and O–H groups in total. The van der Waals surface area contributed by atoms with Gasteiger partial charge in [0.2, 0.25) is 5.95 Å². The van der Waals surface area contributed by atoms with E-state index in [1.807, 2.05) is 59.7 Å². The van der Waals surface area contributed by atoms with Crippen LogP contribution in [0.5, 0.6) is 0 Å². The minimum Gasteiger partial charge on any atom is -0.347 e. The van der Waals surface area contributed by atoms with E-state index in [4.69, 9.17) is 11.6 Å². The van der Waals surface area contributed by atoms with Crippen LogP contribution in [0.15, 0.2) is 43.0 Å². The summed E-state index contributed by atoms with van der Waals surface area (Å²) in [5.74, 6) is 1.45. The van der Waals surface area contributed by atoms with Gasteiger partial charge >= 0.3 is 0 Å². The molecule has 7 nitrogen and oxygen atoms in total. The Morgan fingerprint density at radius 3 is 2.62 bits per heavy atom. The Labute approximate surface area is 155 Å². The van der Waals surface area contributed by atoms with Crippen molar-refractivity contribution in [1.82, 2.24) is 29.3 Å². The van der Waals surface area contributed by atoms with Gasteiger partial charge in [-0.05, 0) is 12.1 Å². The van der Waals surface area contributed by atoms with E-state index in [9.17, 15) is 0 Å². The third kappa shape index (κ3) is 2.80. The zero-order chi connectivity index (χ0) is 18.3. The van der Waals surface area contributed by atoms with Crippen molar-refractivity contribution in [3.05, 3.63) is 53.7 Å². The number of aryl methyl sites for hydroxylation is 1. The molecule has 1 aromatic carbocycles. The number of imidazole rings is 1. The molecule has 132 valence electrons. The second-order valence-corrected chi connectivity index (χ2v) is 6.66. The molecular formula is C18H18ClN7. The van der Waals surface area contributed by atoms with Crippen LogP contribution >= 0.6 is 11.6 Å². The van der Waals surface area contributed by atoms with Gasteiger partial charge in [-0.15, -0.1) is 0 Å². The van der Waals surface area contributed by atoms with Gasteiger partial charge < -0.3 is 9.47 Å². The van der Waals surface area contributed by atoms with Crippen LogP contribution in [0.25, 0.3) is 22.3 Å². The van der Waals surface area contributed by atoms with Gasteiger partial charge in [0.05, 0.1) is 28.3 Å². The maximum absolute atomic E-state index is 6.42. The monoisotopic (exact) mass is 367 g/mol. The summed E-state index contributed by atoms with van der Waals surface area (Å²) in [4.78, 5) is 15.1. The first kappa shape index (κ1) is 16.5. The Hall–Kier alpha value is -2.93. The Morgan fingerprint density at radius 1 is 1.12 bits per heavy atom. The van der Waals surface area contributed by atoms with Crippen LogP contribution < -0.4 is 4.90 Å². The third-order valence-corrected chi connectivity index (χ3v) is 4.55. The molecule has 0 radical (unpaired) electrons. The Morgan fingerprint density at radius 2 is 1.88 bits per heavy atom. The van der Waals surface area contributed by atoms with Gasteiger partial charge in [0.25, 0.3) is 0 Å². The van der Waals surface area contributed by atoms with E-state index in [1.54, 1.807) is 18.6 Å². The summed E-state index contributed by atoms with van der Waals surface area (Å²) in [6.07, 6.45) is 7.25. The zero-order valence-corrected chi connectivity index (χ0v) is 15.5. The number of halogens is 1. The standard InChI is InChI=1S/C18H18ClN7/c1-24(2)18-21-9-12(10-22-18)17-20-7-8-26(17)11-14-16-13(19)5-4-6-15(16)25(3)23-14/h4-10H,11H2,1-3H3. The summed E-state index contributed by atoms with van der Waals surface area (Å²) >= 11 is 6.42. The summed E-state index contributed by atoms with van der Waals surface area (Å²) in [7, 11) is 5.74. The quantitative estimate of drug-likeness (QED) is 0.554. The van der Waals surface area contributed by atoms with Gasteiger partial charge in [-0.25, -0.2) is 15.0 Å². The molecule has 0 unspecified atom stereocenters. The highest BCUT2D eigenvalue weighted by atomic mass is 35.5. The SMILES string of the molecule is CN(C)c1ncc(-c2nccn2Cc2nn(C)c3cccc(Cl)c23)cn1. The summed E-state index contributed by atoms with van der Waals surface area (Å²) in [5, 5.41) is 6.31. The fourth-order valence-corrected chi connectivity index (χ4v) is 3.27. The Balaban J connectivity index is 1.72. The maximum atomic E-state index is 6.42. The lowest BCUT2D eigenvalue weighted by Gasteiger charge is -2.10. The lowest BCUT2D eigenvalue weighted by Crippen LogP contribution is -2.12. The predicted octanol–water partition coefficient (Wildman–Crippen LogP) is 2.99. The van der Waals surface area contributed by atoms with Crippen molar-refractivity contribution in [2.75, 3.05) is 19.0 Å². The lowest BCUT2D eigenvalue weighted by molar-refractivity contribution is 0.722. The molecule has 4 rings (SSSR count). The van der Waals surface area contributed by atoms with Gasteiger partial charge in [0.15, 0.2) is 0 Å². The van der Waals surface area contributed by atoms with Gasteiger partial charge in [-0.3, -0.25) is 4.68 Å². The van der Waals surface area contributed by atoms with E-state index < -0.39 is 0 Å². The van der Waals surface area contributed by atoms with Gasteiger partial charge in [0, 0.05) is 51.3 Å². The highest BCUT2D eigenvalue weighted by Crippen LogP contribution is 2.28. The molecule has 26 heavy (non-hydrogen) atoms. The summed E-state index contributed by atoms with van der Waals surface area (Å²) in [6.45, 7) is 0.561. The van der Waals surface area contributed by atoms with Crippen LogP contribution in [-0.4, -0.2) is 43.4 Å². The average molecular weight is 368 g/mol. The smallest absolute Gasteiger partial charge is 0.224 e. The van der Waals surface area contributed by atoms with Crippen LogP contribution in [0.2, 0.25) is 5.02 Å². The minimum absolute atomic E-state index is 0.561. The topological polar surface area (TPSA) is 64.7 Å². The number of anilines is 1. The van der Waals surface area contributed by atoms with Gasteiger partial charge in [-0.1, -0.05) is 17.7 Å². The molecule has 0 aliphatic rings. The van der Waals surface area contributed by atoms with Crippen molar-refractivity contribution in [1.29, 1.82) is 0 Å². The number of hydrogen-bond donors (Lipinski definition) is 0. The number of fused-ring (bicyclic) bond motifs is 1. The highest BCUT2D eigenvalue weighted by molar-refractivity contribution is 6.35. The number of nitrogens with zero attached hydrogens (tertiary/aromatic N) is 7. The van der Waals surface area contributed by atoms with E-state index in [1.165, 1.54) is 0 Å². The number of aromatic nitrogens is 6. The third-order valence-electron chi connectivity index (χ3n) is 4.23. The summed E-state index contributed by atoms with van der Waals surface area (Å²) in [5.41, 5.74) is 2.76. The minimum atomic E-state index is 0.561. The van der Waals surface area contributed by atoms with Crippen molar-refractivity contribution in [3.8, 4) is 11.4 Å². The normalized spacial score (nSPS) is 11.2. The van der Waals surface area contributed by atoms with E-state index in [0.29, 0.717) is 17.5 Å². The molecule has 0 saturated heterocycles. The summed E-state index contributed by atoms with van der Waals surface area (Å²) < 4.78 is 3.88. The molecule has 0 spiro atoms. The molecule has 0 atom stereocenters. The fraction of sp³-hybridized carbons (Fsp3) is 0.222. The van der Waals surface area contributed by atoms with Crippen LogP contribution in [0, 0.1) is 0 Å². The largest absolute Gasteiger partial charge is 0.347 e. The van der Waals surface area contributed by atoms with Crippen LogP contribution in [0.1, 0.15) is 5.69 Å². The number of benzene rings is 1. The number of rotatable bonds is 4. The van der Waals surface area contributed by atoms with Crippen molar-refractivity contribution >= 4 is 28.5 Å². The molecule has 0 saturated carbocycles. The van der Waals surface area contributed by atoms with Gasteiger partial charge in [-0.2, -0.15) is 5.10 Å². The van der Waals surface area contributed by atoms with Gasteiger partial charge in [0.1, 0.15) is 5.82 Å². The van der Waals surface area contributed by atoms with E-state index >= 15 is 0 Å². The predicted molar refractivity (Wildman–Crippen MR) is 102 cm³/mol. The van der Waals surface area contributed by atoms with Crippen molar-refractivity contribution < 1.29 is 0 Å². The van der Waals surface area contributed by atoms with Crippen molar-refractivity contribution in [3.63, 3.8) is 0 Å². The Bertz CT molecular complexity index is 1060. The first-order chi connectivity index (χ1) is 12.5. The molecule has 0 amide bonds. The van der Waals surface area contributed by atoms with E-state index in [-0.39, 0.29) is 0 Å². The second-order valence-electron chi connectivity index (χ2n) is 6.25. The fourth-order valence-electron chi connectivity index (χ4n) is 2.99. The van der Waals surface area contributed by atoms with E-state index in [2.05, 4.69) is 20.1 Å². The Kier molecular flexibility index (Phi) is 4.08. The van der Waals surface area contributed by atoms with Crippen LogP contribution in [-0.2, 0) is 13.6 Å². The van der Waals surface area contributed by atoms with Crippen LogP contribution in [0.4, 0.5) is 5.95 Å². The second kappa shape index (κ2) is 6.42. The molecule has 0 aliphatic heterocycles. The molecule has 0 bridgehead atoms. The molecule has 4 aromatic rings. The van der Waals surface area contributed by atoms with E-state index in [0.717, 1.165) is 28.0 Å². The first-order valence-corrected chi connectivity index (χ1v) is 8.53. The van der Waals surface area contributed by atoms with Crippen molar-refractivity contribution in [2.24, 2.45) is 7.05 Å². The van der Waals surface area contributed by atoms with Crippen molar-refractivity contribution in [2.45, 2.75) is 6.54 Å². The first-order valence-electron chi connectivity index (χ1n) is 8.15. The number of hydrogen-bond acceptors (Lipinski definition) is 5. The molecule has 3 heterocycles. The molecular weight excluding hydrogens is 350 g/mol. The highest BCUT2D eigenvalue weighted by Gasteiger charge is 2.15. The molecule has 8 heteroatoms. The summed E-state index contributed by atoms with van der Waals surface area (Å²) in [6, 6.07) is 5.83. The molecule has 0 aliphatic carbocycles. The zero-order valence-electron chi connectivity index (χ0n) is 14.8. The lowest BCUT2D eigenvalue weighted by atomic mass is 10.2. The van der Waals surface area contributed by atoms with Crippen LogP contribution in [0.3, 0.4) is 0 Å². The molecule has 3 aromatic heterocycles. The molecule has 0 fully saturated rings. The average Bonchev–Trinajstić information content (AvgIpc) is 3.21.